The molecule has 1 aliphatic rings. The molecule has 3 nitrogen and oxygen atoms in total. The van der Waals surface area contributed by atoms with Gasteiger partial charge in [-0.1, -0.05) is 17.7 Å². The molecule has 1 heterocycles. The summed E-state index contributed by atoms with van der Waals surface area (Å²) >= 11 is 5.43. The highest BCUT2D eigenvalue weighted by atomic mass is 35.5. The Labute approximate surface area is 78.1 Å². The lowest BCUT2D eigenvalue weighted by Gasteiger charge is -2.31. The van der Waals surface area contributed by atoms with Crippen molar-refractivity contribution in [1.29, 1.82) is 0 Å². The van der Waals surface area contributed by atoms with Gasteiger partial charge in [-0.3, -0.25) is 4.90 Å². The predicted molar refractivity (Wildman–Crippen MR) is 50.2 cm³/mol. The van der Waals surface area contributed by atoms with Crippen molar-refractivity contribution in [2.75, 3.05) is 32.8 Å². The summed E-state index contributed by atoms with van der Waals surface area (Å²) in [7, 11) is 0. The summed E-state index contributed by atoms with van der Waals surface area (Å²) in [6.45, 7) is 4.15. The van der Waals surface area contributed by atoms with Crippen LogP contribution in [0.5, 0.6) is 0 Å². The van der Waals surface area contributed by atoms with Gasteiger partial charge < -0.3 is 10.5 Å². The van der Waals surface area contributed by atoms with E-state index in [0.717, 1.165) is 26.2 Å². The van der Waals surface area contributed by atoms with Crippen molar-refractivity contribution in [3.05, 3.63) is 11.6 Å². The van der Waals surface area contributed by atoms with Crippen LogP contribution < -0.4 is 5.73 Å². The molecular weight excluding hydrogens is 176 g/mol. The Hall–Kier alpha value is -0.0900. The quantitative estimate of drug-likeness (QED) is 0.700. The number of ether oxygens (including phenoxy) is 1. The van der Waals surface area contributed by atoms with Gasteiger partial charge in [-0.25, -0.2) is 0 Å². The number of hydrogen-bond donors (Lipinski definition) is 1. The van der Waals surface area contributed by atoms with E-state index in [1.807, 2.05) is 6.08 Å². The van der Waals surface area contributed by atoms with Gasteiger partial charge in [-0.2, -0.15) is 0 Å². The Kier molecular flexibility index (Phi) is 4.61. The molecule has 4 heteroatoms. The summed E-state index contributed by atoms with van der Waals surface area (Å²) in [6, 6.07) is 0. The summed E-state index contributed by atoms with van der Waals surface area (Å²) in [5.74, 6) is 0. The molecule has 1 saturated heterocycles. The maximum Gasteiger partial charge on any atom is 0.0824 e. The molecule has 0 aromatic carbocycles. The Morgan fingerprint density at radius 1 is 1.67 bits per heavy atom. The van der Waals surface area contributed by atoms with E-state index in [-0.39, 0.29) is 6.10 Å². The zero-order valence-electron chi connectivity index (χ0n) is 7.08. The van der Waals surface area contributed by atoms with Crippen LogP contribution >= 0.6 is 11.6 Å². The molecule has 70 valence electrons. The highest BCUT2D eigenvalue weighted by Crippen LogP contribution is 2.03. The second kappa shape index (κ2) is 5.54. The SMILES string of the molecule is NCC1CN(C/C=C/Cl)CCO1. The topological polar surface area (TPSA) is 38.5 Å². The molecule has 0 saturated carbocycles. The lowest BCUT2D eigenvalue weighted by atomic mass is 10.3. The summed E-state index contributed by atoms with van der Waals surface area (Å²) in [6.07, 6.45) is 2.13. The molecule has 1 atom stereocenters. The summed E-state index contributed by atoms with van der Waals surface area (Å²) in [5, 5.41) is 0. The second-order valence-electron chi connectivity index (χ2n) is 2.85. The maximum atomic E-state index is 5.50. The number of nitrogens with two attached hydrogens (primary N) is 1. The first-order chi connectivity index (χ1) is 5.86. The number of hydrogen-bond acceptors (Lipinski definition) is 3. The van der Waals surface area contributed by atoms with E-state index in [1.165, 1.54) is 0 Å². The van der Waals surface area contributed by atoms with E-state index in [9.17, 15) is 0 Å². The Morgan fingerprint density at radius 3 is 3.17 bits per heavy atom. The van der Waals surface area contributed by atoms with E-state index in [2.05, 4.69) is 4.90 Å². The molecule has 1 rings (SSSR count). The molecule has 1 unspecified atom stereocenters. The van der Waals surface area contributed by atoms with Crippen LogP contribution in [-0.4, -0.2) is 43.8 Å². The Balaban J connectivity index is 2.25. The van der Waals surface area contributed by atoms with Crippen LogP contribution in [0.3, 0.4) is 0 Å². The van der Waals surface area contributed by atoms with Crippen LogP contribution in [0.2, 0.25) is 0 Å². The zero-order valence-corrected chi connectivity index (χ0v) is 7.83. The number of nitrogens with zero attached hydrogens (tertiary/aromatic N) is 1. The molecule has 0 bridgehead atoms. The van der Waals surface area contributed by atoms with Crippen molar-refractivity contribution in [2.45, 2.75) is 6.10 Å². The average Bonchev–Trinajstić information content (AvgIpc) is 2.15. The molecule has 1 aliphatic heterocycles. The zero-order chi connectivity index (χ0) is 8.81. The average molecular weight is 191 g/mol. The monoisotopic (exact) mass is 190 g/mol. The van der Waals surface area contributed by atoms with Crippen LogP contribution in [0.25, 0.3) is 0 Å². The highest BCUT2D eigenvalue weighted by Gasteiger charge is 2.17. The smallest absolute Gasteiger partial charge is 0.0824 e. The normalized spacial score (nSPS) is 26.7. The third-order valence-electron chi connectivity index (χ3n) is 1.94. The van der Waals surface area contributed by atoms with E-state index < -0.39 is 0 Å². The van der Waals surface area contributed by atoms with Crippen molar-refractivity contribution < 1.29 is 4.74 Å². The summed E-state index contributed by atoms with van der Waals surface area (Å²) in [4.78, 5) is 2.28. The minimum absolute atomic E-state index is 0.197. The Morgan fingerprint density at radius 2 is 2.50 bits per heavy atom. The molecule has 0 amide bonds. The molecule has 1 fully saturated rings. The van der Waals surface area contributed by atoms with Crippen LogP contribution in [-0.2, 0) is 4.74 Å². The second-order valence-corrected chi connectivity index (χ2v) is 3.10. The predicted octanol–water partition coefficient (Wildman–Crippen LogP) is 0.398. The number of rotatable bonds is 3. The highest BCUT2D eigenvalue weighted by molar-refractivity contribution is 6.25. The maximum absolute atomic E-state index is 5.50. The molecule has 0 spiro atoms. The van der Waals surface area contributed by atoms with Gasteiger partial charge in [0, 0.05) is 31.7 Å². The fourth-order valence-corrected chi connectivity index (χ4v) is 1.36. The standard InChI is InChI=1S/C8H15ClN2O/c9-2-1-3-11-4-5-12-8(6-10)7-11/h1-2,8H,3-7,10H2/b2-1+. The van der Waals surface area contributed by atoms with E-state index in [0.29, 0.717) is 6.54 Å². The van der Waals surface area contributed by atoms with Gasteiger partial charge in [0.25, 0.3) is 0 Å². The Bertz CT molecular complexity index is 152. The fourth-order valence-electron chi connectivity index (χ4n) is 1.28. The minimum atomic E-state index is 0.197. The van der Waals surface area contributed by atoms with Gasteiger partial charge in [-0.05, 0) is 0 Å². The van der Waals surface area contributed by atoms with Crippen molar-refractivity contribution in [3.8, 4) is 0 Å². The summed E-state index contributed by atoms with van der Waals surface area (Å²) < 4.78 is 5.41. The van der Waals surface area contributed by atoms with Gasteiger partial charge in [-0.15, -0.1) is 0 Å². The first-order valence-electron chi connectivity index (χ1n) is 4.16. The third kappa shape index (κ3) is 3.11. The first-order valence-corrected chi connectivity index (χ1v) is 4.59. The summed E-state index contributed by atoms with van der Waals surface area (Å²) in [5.41, 5.74) is 7.05. The molecule has 0 radical (unpaired) electrons. The minimum Gasteiger partial charge on any atom is -0.374 e. The third-order valence-corrected chi connectivity index (χ3v) is 2.12. The molecule has 0 aromatic heterocycles. The molecule has 0 aromatic rings. The molecule has 2 N–H and O–H groups in total. The van der Waals surface area contributed by atoms with Crippen LogP contribution in [0, 0.1) is 0 Å². The molecular formula is C8H15ClN2O. The van der Waals surface area contributed by atoms with Crippen molar-refractivity contribution in [3.63, 3.8) is 0 Å². The van der Waals surface area contributed by atoms with Crippen molar-refractivity contribution in [2.24, 2.45) is 5.73 Å². The lowest BCUT2D eigenvalue weighted by Crippen LogP contribution is -2.45. The van der Waals surface area contributed by atoms with Gasteiger partial charge >= 0.3 is 0 Å². The number of halogens is 1. The van der Waals surface area contributed by atoms with E-state index >= 15 is 0 Å². The van der Waals surface area contributed by atoms with Crippen LogP contribution in [0.1, 0.15) is 0 Å². The van der Waals surface area contributed by atoms with Crippen LogP contribution in [0.4, 0.5) is 0 Å². The van der Waals surface area contributed by atoms with Gasteiger partial charge in [0.1, 0.15) is 0 Å². The van der Waals surface area contributed by atoms with Gasteiger partial charge in [0.05, 0.1) is 12.7 Å². The molecule has 0 aliphatic carbocycles. The van der Waals surface area contributed by atoms with E-state index in [4.69, 9.17) is 22.1 Å². The molecule has 12 heavy (non-hydrogen) atoms. The van der Waals surface area contributed by atoms with Crippen molar-refractivity contribution >= 4 is 11.6 Å². The van der Waals surface area contributed by atoms with Gasteiger partial charge in [0.15, 0.2) is 0 Å². The first kappa shape index (κ1) is 9.99. The van der Waals surface area contributed by atoms with Crippen molar-refractivity contribution in [1.82, 2.24) is 4.90 Å². The lowest BCUT2D eigenvalue weighted by molar-refractivity contribution is -0.0190. The number of morpholine rings is 1. The largest absolute Gasteiger partial charge is 0.374 e. The fraction of sp³-hybridized carbons (Fsp3) is 0.750. The van der Waals surface area contributed by atoms with Crippen LogP contribution in [0.15, 0.2) is 11.6 Å². The van der Waals surface area contributed by atoms with E-state index in [1.54, 1.807) is 5.54 Å². The van der Waals surface area contributed by atoms with Gasteiger partial charge in [0.2, 0.25) is 0 Å².